The van der Waals surface area contributed by atoms with Gasteiger partial charge in [0.2, 0.25) is 0 Å². The van der Waals surface area contributed by atoms with Gasteiger partial charge in [0.15, 0.2) is 0 Å². The van der Waals surface area contributed by atoms with E-state index in [-0.39, 0.29) is 0 Å². The topological polar surface area (TPSA) is 15.6 Å². The van der Waals surface area contributed by atoms with Crippen LogP contribution in [0.3, 0.4) is 0 Å². The molecule has 2 atom stereocenters. The lowest BCUT2D eigenvalue weighted by Crippen LogP contribution is -2.25. The predicted molar refractivity (Wildman–Crippen MR) is 88.0 cm³/mol. The summed E-state index contributed by atoms with van der Waals surface area (Å²) in [5.41, 5.74) is 1.42. The van der Waals surface area contributed by atoms with Crippen LogP contribution in [0.2, 0.25) is 0 Å². The summed E-state index contributed by atoms with van der Waals surface area (Å²) in [5.74, 6) is 1.78. The molecule has 2 nitrogen and oxygen atoms in total. The second-order valence-electron chi connectivity index (χ2n) is 4.94. The standard InChI is InChI=1S/C15H20N2S2/c1-2-17(15-7-4-10-18-15)9-8-16-13-11-19-14-6-3-5-12(13)14/h3-5,7,10,12,14H,2,6,8-9,11H2,1H3. The average Bonchev–Trinajstić information content (AvgIpc) is 3.13. The molecule has 2 aliphatic rings. The van der Waals surface area contributed by atoms with E-state index in [9.17, 15) is 0 Å². The van der Waals surface area contributed by atoms with Crippen LogP contribution in [-0.2, 0) is 0 Å². The summed E-state index contributed by atoms with van der Waals surface area (Å²) in [6, 6.07) is 4.32. The Morgan fingerprint density at radius 1 is 1.47 bits per heavy atom. The van der Waals surface area contributed by atoms with Gasteiger partial charge in [0.25, 0.3) is 0 Å². The molecule has 2 unspecified atom stereocenters. The number of hydrogen-bond donors (Lipinski definition) is 0. The van der Waals surface area contributed by atoms with Gasteiger partial charge in [-0.2, -0.15) is 11.8 Å². The summed E-state index contributed by atoms with van der Waals surface area (Å²) in [6.45, 7) is 5.24. The molecule has 1 aromatic rings. The third kappa shape index (κ3) is 2.90. The smallest absolute Gasteiger partial charge is 0.0908 e. The Morgan fingerprint density at radius 3 is 3.21 bits per heavy atom. The highest BCUT2D eigenvalue weighted by atomic mass is 32.2. The van der Waals surface area contributed by atoms with Gasteiger partial charge in [0.05, 0.1) is 11.5 Å². The molecule has 4 heteroatoms. The van der Waals surface area contributed by atoms with Crippen LogP contribution in [0.5, 0.6) is 0 Å². The Hall–Kier alpha value is -0.740. The van der Waals surface area contributed by atoms with Gasteiger partial charge in [0.1, 0.15) is 0 Å². The van der Waals surface area contributed by atoms with Crippen molar-refractivity contribution in [2.75, 3.05) is 30.3 Å². The van der Waals surface area contributed by atoms with Crippen LogP contribution in [0.1, 0.15) is 13.3 Å². The number of likely N-dealkylation sites (N-methyl/N-ethyl adjacent to an activating group) is 1. The Bertz CT molecular complexity index is 464. The van der Waals surface area contributed by atoms with Gasteiger partial charge < -0.3 is 4.90 Å². The minimum Gasteiger partial charge on any atom is -0.362 e. The molecule has 2 heterocycles. The van der Waals surface area contributed by atoms with E-state index in [2.05, 4.69) is 53.3 Å². The van der Waals surface area contributed by atoms with Crippen LogP contribution in [0.15, 0.2) is 34.7 Å². The van der Waals surface area contributed by atoms with Crippen LogP contribution in [0.25, 0.3) is 0 Å². The van der Waals surface area contributed by atoms with Crippen molar-refractivity contribution in [1.29, 1.82) is 0 Å². The Morgan fingerprint density at radius 2 is 2.42 bits per heavy atom. The normalized spacial score (nSPS) is 27.1. The molecule has 0 bridgehead atoms. The lowest BCUT2D eigenvalue weighted by molar-refractivity contribution is 0.806. The molecule has 0 aromatic carbocycles. The van der Waals surface area contributed by atoms with Crippen molar-refractivity contribution in [3.8, 4) is 0 Å². The lowest BCUT2D eigenvalue weighted by Gasteiger charge is -2.20. The fraction of sp³-hybridized carbons (Fsp3) is 0.533. The average molecular weight is 292 g/mol. The third-order valence-electron chi connectivity index (χ3n) is 3.83. The number of fused-ring (bicyclic) bond motifs is 1. The summed E-state index contributed by atoms with van der Waals surface area (Å²) in [6.07, 6.45) is 5.92. The number of allylic oxidation sites excluding steroid dienone is 2. The first-order chi connectivity index (χ1) is 9.38. The fourth-order valence-corrected chi connectivity index (χ4v) is 4.95. The summed E-state index contributed by atoms with van der Waals surface area (Å²) in [7, 11) is 0. The van der Waals surface area contributed by atoms with Crippen LogP contribution in [0.4, 0.5) is 5.00 Å². The number of anilines is 1. The highest BCUT2D eigenvalue weighted by Gasteiger charge is 2.33. The molecule has 0 N–H and O–H groups in total. The zero-order valence-electron chi connectivity index (χ0n) is 11.3. The van der Waals surface area contributed by atoms with E-state index in [4.69, 9.17) is 4.99 Å². The minimum absolute atomic E-state index is 0.641. The van der Waals surface area contributed by atoms with Gasteiger partial charge in [-0.3, -0.25) is 4.99 Å². The summed E-state index contributed by atoms with van der Waals surface area (Å²) in [5, 5.41) is 4.30. The van der Waals surface area contributed by atoms with Crippen LogP contribution in [0, 0.1) is 5.92 Å². The summed E-state index contributed by atoms with van der Waals surface area (Å²) in [4.78, 5) is 7.29. The Balaban J connectivity index is 1.56. The molecular formula is C15H20N2S2. The monoisotopic (exact) mass is 292 g/mol. The number of thioether (sulfide) groups is 1. The molecule has 102 valence electrons. The Labute approximate surface area is 123 Å². The fourth-order valence-electron chi connectivity index (χ4n) is 2.76. The van der Waals surface area contributed by atoms with Crippen molar-refractivity contribution < 1.29 is 0 Å². The lowest BCUT2D eigenvalue weighted by atomic mass is 10.0. The number of rotatable bonds is 5. The van der Waals surface area contributed by atoms with Gasteiger partial charge in [-0.25, -0.2) is 0 Å². The minimum atomic E-state index is 0.641. The van der Waals surface area contributed by atoms with E-state index < -0.39 is 0 Å². The van der Waals surface area contributed by atoms with Crippen molar-refractivity contribution in [3.05, 3.63) is 29.7 Å². The molecule has 1 aliphatic carbocycles. The molecule has 0 spiro atoms. The van der Waals surface area contributed by atoms with Gasteiger partial charge in [-0.15, -0.1) is 11.3 Å². The van der Waals surface area contributed by atoms with E-state index in [0.29, 0.717) is 5.92 Å². The third-order valence-corrected chi connectivity index (χ3v) is 6.13. The quantitative estimate of drug-likeness (QED) is 0.769. The maximum absolute atomic E-state index is 4.87. The van der Waals surface area contributed by atoms with Gasteiger partial charge in [-0.1, -0.05) is 12.2 Å². The van der Waals surface area contributed by atoms with Crippen LogP contribution >= 0.6 is 23.1 Å². The first-order valence-electron chi connectivity index (χ1n) is 6.98. The molecule has 19 heavy (non-hydrogen) atoms. The van der Waals surface area contributed by atoms with E-state index in [1.807, 2.05) is 11.3 Å². The number of thiophene rings is 1. The van der Waals surface area contributed by atoms with Crippen molar-refractivity contribution in [3.63, 3.8) is 0 Å². The first-order valence-corrected chi connectivity index (χ1v) is 8.91. The molecule has 0 radical (unpaired) electrons. The molecule has 1 aliphatic heterocycles. The van der Waals surface area contributed by atoms with E-state index in [0.717, 1.165) is 30.6 Å². The number of nitrogens with zero attached hydrogens (tertiary/aromatic N) is 2. The Kier molecular flexibility index (Phi) is 4.28. The molecular weight excluding hydrogens is 272 g/mol. The van der Waals surface area contributed by atoms with Gasteiger partial charge in [0, 0.05) is 35.7 Å². The van der Waals surface area contributed by atoms with Crippen molar-refractivity contribution in [2.24, 2.45) is 10.9 Å². The highest BCUT2D eigenvalue weighted by Crippen LogP contribution is 2.37. The molecule has 0 saturated carbocycles. The second kappa shape index (κ2) is 6.14. The molecule has 1 saturated heterocycles. The summed E-state index contributed by atoms with van der Waals surface area (Å²) < 4.78 is 0. The largest absolute Gasteiger partial charge is 0.362 e. The van der Waals surface area contributed by atoms with E-state index in [1.165, 1.54) is 17.1 Å². The zero-order valence-corrected chi connectivity index (χ0v) is 12.9. The van der Waals surface area contributed by atoms with Gasteiger partial charge in [-0.05, 0) is 30.9 Å². The molecule has 1 fully saturated rings. The van der Waals surface area contributed by atoms with Crippen molar-refractivity contribution in [1.82, 2.24) is 0 Å². The van der Waals surface area contributed by atoms with Gasteiger partial charge >= 0.3 is 0 Å². The molecule has 0 amide bonds. The SMILES string of the molecule is CCN(CCN=C1CSC2CC=CC12)c1cccs1. The van der Waals surface area contributed by atoms with Crippen LogP contribution < -0.4 is 4.90 Å². The second-order valence-corrected chi connectivity index (χ2v) is 7.10. The number of hydrogen-bond acceptors (Lipinski definition) is 4. The predicted octanol–water partition coefficient (Wildman–Crippen LogP) is 3.71. The first kappa shape index (κ1) is 13.3. The maximum Gasteiger partial charge on any atom is 0.0908 e. The summed E-state index contributed by atoms with van der Waals surface area (Å²) >= 11 is 3.89. The molecule has 1 aromatic heterocycles. The van der Waals surface area contributed by atoms with E-state index in [1.54, 1.807) is 0 Å². The highest BCUT2D eigenvalue weighted by molar-refractivity contribution is 8.01. The molecule has 3 rings (SSSR count). The van der Waals surface area contributed by atoms with E-state index >= 15 is 0 Å². The van der Waals surface area contributed by atoms with Crippen molar-refractivity contribution in [2.45, 2.75) is 18.6 Å². The maximum atomic E-state index is 4.87. The van der Waals surface area contributed by atoms with Crippen LogP contribution in [-0.4, -0.2) is 36.3 Å². The van der Waals surface area contributed by atoms with Crippen molar-refractivity contribution >= 4 is 33.8 Å². The number of aliphatic imine (C=N–C) groups is 1. The zero-order chi connectivity index (χ0) is 13.1.